The molecule has 1 aromatic carbocycles. The Bertz CT molecular complexity index is 508. The van der Waals surface area contributed by atoms with E-state index in [-0.39, 0.29) is 18.3 Å². The molecule has 1 aliphatic rings. The molecule has 0 radical (unpaired) electrons. The molecule has 1 saturated heterocycles. The Balaban J connectivity index is 0.00000264. The van der Waals surface area contributed by atoms with Gasteiger partial charge in [0.15, 0.2) is 6.10 Å². The standard InChI is InChI=1S/C18H28N2O2.ClH/c1-13(2)16-6-5-7-17(10-16)22-14(3)18(21)20-9-8-15(12-20)11-19-4;/h5-7,10,13-15,19H,8-9,11-12H2,1-4H3;1H. The van der Waals surface area contributed by atoms with Crippen molar-refractivity contribution in [3.8, 4) is 5.75 Å². The molecule has 1 aliphatic heterocycles. The summed E-state index contributed by atoms with van der Waals surface area (Å²) in [4.78, 5) is 14.4. The highest BCUT2D eigenvalue weighted by Crippen LogP contribution is 2.22. The monoisotopic (exact) mass is 340 g/mol. The zero-order valence-electron chi connectivity index (χ0n) is 14.5. The van der Waals surface area contributed by atoms with E-state index in [2.05, 4.69) is 25.2 Å². The van der Waals surface area contributed by atoms with Crippen LogP contribution in [-0.4, -0.2) is 43.6 Å². The van der Waals surface area contributed by atoms with E-state index in [4.69, 9.17) is 4.74 Å². The average Bonchev–Trinajstić information content (AvgIpc) is 2.95. The summed E-state index contributed by atoms with van der Waals surface area (Å²) in [5, 5.41) is 3.19. The van der Waals surface area contributed by atoms with Crippen molar-refractivity contribution in [2.24, 2.45) is 5.92 Å². The number of halogens is 1. The second-order valence-electron chi connectivity index (χ2n) is 6.48. The summed E-state index contributed by atoms with van der Waals surface area (Å²) in [6.07, 6.45) is 0.637. The molecule has 2 rings (SSSR count). The number of hydrogen-bond acceptors (Lipinski definition) is 3. The molecule has 0 bridgehead atoms. The summed E-state index contributed by atoms with van der Waals surface area (Å²) in [5.74, 6) is 1.88. The topological polar surface area (TPSA) is 41.6 Å². The van der Waals surface area contributed by atoms with E-state index in [1.807, 2.05) is 37.1 Å². The van der Waals surface area contributed by atoms with Gasteiger partial charge in [0.25, 0.3) is 5.91 Å². The second kappa shape index (κ2) is 9.14. The summed E-state index contributed by atoms with van der Waals surface area (Å²) in [6, 6.07) is 8.03. The number of carbonyl (C=O) groups excluding carboxylic acids is 1. The third-order valence-corrected chi connectivity index (χ3v) is 4.28. The van der Waals surface area contributed by atoms with Crippen molar-refractivity contribution >= 4 is 18.3 Å². The first-order valence-electron chi connectivity index (χ1n) is 8.21. The number of nitrogens with one attached hydrogen (secondary N) is 1. The third kappa shape index (κ3) is 5.40. The smallest absolute Gasteiger partial charge is 0.263 e. The van der Waals surface area contributed by atoms with Crippen LogP contribution in [0.4, 0.5) is 0 Å². The number of hydrogen-bond donors (Lipinski definition) is 1. The fourth-order valence-electron chi connectivity index (χ4n) is 2.95. The Morgan fingerprint density at radius 3 is 2.78 bits per heavy atom. The van der Waals surface area contributed by atoms with Crippen LogP contribution in [0.15, 0.2) is 24.3 Å². The van der Waals surface area contributed by atoms with E-state index in [0.29, 0.717) is 11.8 Å². The normalized spacial score (nSPS) is 18.7. The molecule has 0 spiro atoms. The summed E-state index contributed by atoms with van der Waals surface area (Å²) < 4.78 is 5.87. The lowest BCUT2D eigenvalue weighted by molar-refractivity contribution is -0.137. The number of carbonyl (C=O) groups is 1. The molecule has 1 amide bonds. The van der Waals surface area contributed by atoms with E-state index in [1.54, 1.807) is 0 Å². The highest BCUT2D eigenvalue weighted by Gasteiger charge is 2.29. The molecule has 0 aromatic heterocycles. The first-order chi connectivity index (χ1) is 10.5. The van der Waals surface area contributed by atoms with Crippen LogP contribution < -0.4 is 10.1 Å². The van der Waals surface area contributed by atoms with Gasteiger partial charge in [0, 0.05) is 13.1 Å². The van der Waals surface area contributed by atoms with Crippen molar-refractivity contribution in [1.29, 1.82) is 0 Å². The molecule has 0 aliphatic carbocycles. The van der Waals surface area contributed by atoms with Crippen molar-refractivity contribution in [3.63, 3.8) is 0 Å². The quantitative estimate of drug-likeness (QED) is 0.865. The van der Waals surface area contributed by atoms with Gasteiger partial charge in [0.2, 0.25) is 0 Å². The molecule has 4 nitrogen and oxygen atoms in total. The Kier molecular flexibility index (Phi) is 7.86. The summed E-state index contributed by atoms with van der Waals surface area (Å²) in [6.45, 7) is 8.79. The molecule has 1 N–H and O–H groups in total. The maximum atomic E-state index is 12.5. The molecule has 1 aromatic rings. The maximum Gasteiger partial charge on any atom is 0.263 e. The summed E-state index contributed by atoms with van der Waals surface area (Å²) in [5.41, 5.74) is 1.23. The Hall–Kier alpha value is -1.26. The molecule has 23 heavy (non-hydrogen) atoms. The van der Waals surface area contributed by atoms with Crippen LogP contribution in [-0.2, 0) is 4.79 Å². The van der Waals surface area contributed by atoms with Gasteiger partial charge in [0.05, 0.1) is 0 Å². The Morgan fingerprint density at radius 2 is 2.13 bits per heavy atom. The van der Waals surface area contributed by atoms with Gasteiger partial charge in [0.1, 0.15) is 5.75 Å². The molecule has 0 saturated carbocycles. The molecule has 2 unspecified atom stereocenters. The van der Waals surface area contributed by atoms with Gasteiger partial charge in [-0.15, -0.1) is 12.4 Å². The zero-order valence-corrected chi connectivity index (χ0v) is 15.4. The average molecular weight is 341 g/mol. The zero-order chi connectivity index (χ0) is 16.1. The fraction of sp³-hybridized carbons (Fsp3) is 0.611. The van der Waals surface area contributed by atoms with Crippen molar-refractivity contribution in [2.45, 2.75) is 39.2 Å². The first kappa shape index (κ1) is 19.8. The number of rotatable bonds is 6. The second-order valence-corrected chi connectivity index (χ2v) is 6.48. The molecule has 2 atom stereocenters. The minimum absolute atomic E-state index is 0. The number of likely N-dealkylation sites (tertiary alicyclic amines) is 1. The van der Waals surface area contributed by atoms with Gasteiger partial charge in [-0.2, -0.15) is 0 Å². The minimum atomic E-state index is -0.434. The number of ether oxygens (including phenoxy) is 1. The highest BCUT2D eigenvalue weighted by molar-refractivity contribution is 5.85. The van der Waals surface area contributed by atoms with Gasteiger partial charge in [-0.1, -0.05) is 26.0 Å². The van der Waals surface area contributed by atoms with E-state index in [0.717, 1.165) is 31.8 Å². The largest absolute Gasteiger partial charge is 0.481 e. The van der Waals surface area contributed by atoms with Gasteiger partial charge in [-0.25, -0.2) is 0 Å². The third-order valence-electron chi connectivity index (χ3n) is 4.28. The van der Waals surface area contributed by atoms with Crippen molar-refractivity contribution in [3.05, 3.63) is 29.8 Å². The van der Waals surface area contributed by atoms with Gasteiger partial charge in [-0.3, -0.25) is 4.79 Å². The van der Waals surface area contributed by atoms with Crippen LogP contribution in [0, 0.1) is 5.92 Å². The van der Waals surface area contributed by atoms with Gasteiger partial charge < -0.3 is 15.0 Å². The lowest BCUT2D eigenvalue weighted by Crippen LogP contribution is -2.39. The van der Waals surface area contributed by atoms with Crippen LogP contribution >= 0.6 is 12.4 Å². The molecule has 130 valence electrons. The first-order valence-corrected chi connectivity index (χ1v) is 8.21. The highest BCUT2D eigenvalue weighted by atomic mass is 35.5. The van der Waals surface area contributed by atoms with Crippen LogP contribution in [0.3, 0.4) is 0 Å². The van der Waals surface area contributed by atoms with Crippen LogP contribution in [0.2, 0.25) is 0 Å². The molecular formula is C18H29ClN2O2. The number of benzene rings is 1. The SMILES string of the molecule is CNCC1CCN(C(=O)C(C)Oc2cccc(C(C)C)c2)C1.Cl. The van der Waals surface area contributed by atoms with Crippen LogP contribution in [0.1, 0.15) is 38.7 Å². The van der Waals surface area contributed by atoms with E-state index >= 15 is 0 Å². The summed E-state index contributed by atoms with van der Waals surface area (Å²) in [7, 11) is 1.96. The lowest BCUT2D eigenvalue weighted by atomic mass is 10.0. The Labute approximate surface area is 146 Å². The summed E-state index contributed by atoms with van der Waals surface area (Å²) >= 11 is 0. The van der Waals surface area contributed by atoms with Gasteiger partial charge >= 0.3 is 0 Å². The lowest BCUT2D eigenvalue weighted by Gasteiger charge is -2.22. The van der Waals surface area contributed by atoms with Crippen molar-refractivity contribution in [1.82, 2.24) is 10.2 Å². The maximum absolute atomic E-state index is 12.5. The molecule has 5 heteroatoms. The van der Waals surface area contributed by atoms with Crippen molar-refractivity contribution in [2.75, 3.05) is 26.7 Å². The Morgan fingerprint density at radius 1 is 1.39 bits per heavy atom. The number of amides is 1. The van der Waals surface area contributed by atoms with Crippen LogP contribution in [0.25, 0.3) is 0 Å². The fourth-order valence-corrected chi connectivity index (χ4v) is 2.95. The van der Waals surface area contributed by atoms with Gasteiger partial charge in [-0.05, 0) is 56.5 Å². The number of nitrogens with zero attached hydrogens (tertiary/aromatic N) is 1. The predicted octanol–water partition coefficient (Wildman–Crippen LogP) is 3.07. The van der Waals surface area contributed by atoms with Crippen molar-refractivity contribution < 1.29 is 9.53 Å². The van der Waals surface area contributed by atoms with E-state index in [1.165, 1.54) is 5.56 Å². The minimum Gasteiger partial charge on any atom is -0.481 e. The molecule has 1 heterocycles. The molecular weight excluding hydrogens is 312 g/mol. The molecule has 1 fully saturated rings. The van der Waals surface area contributed by atoms with E-state index in [9.17, 15) is 4.79 Å². The van der Waals surface area contributed by atoms with Crippen LogP contribution in [0.5, 0.6) is 5.75 Å². The van der Waals surface area contributed by atoms with E-state index < -0.39 is 6.10 Å². The predicted molar refractivity (Wildman–Crippen MR) is 96.5 cm³/mol.